The fraction of sp³-hybridized carbons (Fsp3) is 0.644. The van der Waals surface area contributed by atoms with Crippen molar-refractivity contribution in [3.05, 3.63) is 71.8 Å². The first kappa shape index (κ1) is 63.2. The third-order valence-electron chi connectivity index (χ3n) is 15.4. The van der Waals surface area contributed by atoms with Crippen molar-refractivity contribution in [2.45, 2.75) is 182 Å². The Morgan fingerprint density at radius 3 is 1.53 bits per heavy atom. The lowest BCUT2D eigenvalue weighted by atomic mass is 9.95. The van der Waals surface area contributed by atoms with Gasteiger partial charge in [0.1, 0.15) is 48.3 Å². The van der Waals surface area contributed by atoms with E-state index in [4.69, 9.17) is 4.74 Å². The van der Waals surface area contributed by atoms with Crippen LogP contribution in [0.4, 0.5) is 0 Å². The van der Waals surface area contributed by atoms with Crippen LogP contribution in [-0.2, 0) is 60.7 Å². The average molecular weight is 1070 g/mol. The molecule has 0 spiro atoms. The summed E-state index contributed by atoms with van der Waals surface area (Å²) >= 11 is 0. The van der Waals surface area contributed by atoms with Gasteiger partial charge in [-0.3, -0.25) is 38.4 Å². The molecule has 0 aromatic heterocycles. The maximum Gasteiger partial charge on any atom is 0.329 e. The Bertz CT molecular complexity index is 2350. The number of likely N-dealkylation sites (N-methyl/N-ethyl adjacent to an activating group) is 3. The predicted octanol–water partition coefficient (Wildman–Crippen LogP) is 4.91. The van der Waals surface area contributed by atoms with Crippen molar-refractivity contribution < 1.29 is 47.9 Å². The van der Waals surface area contributed by atoms with E-state index < -0.39 is 137 Å². The molecule has 4 rings (SSSR count). The monoisotopic (exact) mass is 1070 g/mol. The number of rotatable bonds is 13. The Morgan fingerprint density at radius 1 is 0.519 bits per heavy atom. The van der Waals surface area contributed by atoms with E-state index in [1.807, 2.05) is 88.4 Å². The van der Waals surface area contributed by atoms with Crippen molar-refractivity contribution in [1.82, 2.24) is 40.9 Å². The van der Waals surface area contributed by atoms with Gasteiger partial charge in [0, 0.05) is 46.4 Å². The lowest BCUT2D eigenvalue weighted by molar-refractivity contribution is -0.172. The van der Waals surface area contributed by atoms with E-state index in [0.29, 0.717) is 24.8 Å². The van der Waals surface area contributed by atoms with Crippen LogP contribution in [0.25, 0.3) is 0 Å². The molecule has 2 aromatic carbocycles. The number of carbonyl (C=O) groups excluding carboxylic acids is 9. The van der Waals surface area contributed by atoms with E-state index in [9.17, 15) is 33.6 Å². The number of esters is 1. The molecule has 77 heavy (non-hydrogen) atoms. The highest BCUT2D eigenvalue weighted by molar-refractivity contribution is 5.99. The molecule has 18 heteroatoms. The number of hydrogen-bond donors (Lipinski definition) is 4. The summed E-state index contributed by atoms with van der Waals surface area (Å²) in [7, 11) is 4.41. The number of ether oxygens (including phenoxy) is 1. The highest BCUT2D eigenvalue weighted by Crippen LogP contribution is 2.26. The van der Waals surface area contributed by atoms with Crippen LogP contribution in [0.3, 0.4) is 0 Å². The topological polar surface area (TPSA) is 224 Å². The second-order valence-corrected chi connectivity index (χ2v) is 22.9. The summed E-state index contributed by atoms with van der Waals surface area (Å²) in [6.07, 6.45) is 0.468. The van der Waals surface area contributed by atoms with E-state index in [2.05, 4.69) is 21.3 Å². The summed E-state index contributed by atoms with van der Waals surface area (Å²) in [6.45, 7) is 21.7. The third-order valence-corrected chi connectivity index (χ3v) is 15.4. The van der Waals surface area contributed by atoms with Crippen molar-refractivity contribution in [2.75, 3.05) is 27.7 Å². The van der Waals surface area contributed by atoms with Crippen LogP contribution in [0.5, 0.6) is 0 Å². The smallest absolute Gasteiger partial charge is 0.329 e. The van der Waals surface area contributed by atoms with E-state index in [1.54, 1.807) is 55.4 Å². The standard InChI is InChI=1S/C59H90N8O10/c1-16-38(11)47-53(70)62-46(35(5)6)52(69)60-42(31-34(3)4)56(73)66(15)49(37(9)10)59(76)77-50(39(12)17-2)58(75)65(14)48(36(7)8)54(71)61-43(32-40-25-20-18-21-26-40)55(72)64(13)45(33-41-27-22-19-23-28-41)57(74)67-30-24-29-44(67)51(68)63-47/h18-23,25-28,34-39,42-50H,16-17,24,29-33H2,1-15H3,(H,60,69)(H,61,71)(H,62,70)(H,63,68). The molecular weight excluding hydrogens is 981 g/mol. The van der Waals surface area contributed by atoms with Gasteiger partial charge in [-0.25, -0.2) is 4.79 Å². The fourth-order valence-corrected chi connectivity index (χ4v) is 10.5. The van der Waals surface area contributed by atoms with Crippen molar-refractivity contribution >= 4 is 53.2 Å². The Morgan fingerprint density at radius 2 is 1.01 bits per heavy atom. The van der Waals surface area contributed by atoms with Gasteiger partial charge in [-0.2, -0.15) is 0 Å². The second-order valence-electron chi connectivity index (χ2n) is 22.9. The molecule has 4 N–H and O–H groups in total. The van der Waals surface area contributed by atoms with E-state index >= 15 is 9.59 Å². The number of nitrogens with one attached hydrogen (secondary N) is 4. The van der Waals surface area contributed by atoms with Gasteiger partial charge in [0.05, 0.1) is 0 Å². The van der Waals surface area contributed by atoms with Crippen molar-refractivity contribution in [3.63, 3.8) is 0 Å². The predicted molar refractivity (Wildman–Crippen MR) is 295 cm³/mol. The van der Waals surface area contributed by atoms with Crippen molar-refractivity contribution in [1.29, 1.82) is 0 Å². The number of benzene rings is 2. The van der Waals surface area contributed by atoms with E-state index in [-0.39, 0.29) is 38.1 Å². The quantitative estimate of drug-likeness (QED) is 0.198. The lowest BCUT2D eigenvalue weighted by Gasteiger charge is -2.38. The number of fused-ring (bicyclic) bond motifs is 1. The van der Waals surface area contributed by atoms with Crippen LogP contribution in [0.1, 0.15) is 126 Å². The van der Waals surface area contributed by atoms with E-state index in [1.165, 1.54) is 40.7 Å². The Hall–Kier alpha value is -6.33. The molecule has 0 radical (unpaired) electrons. The Balaban J connectivity index is 1.94. The molecule has 18 nitrogen and oxygen atoms in total. The minimum Gasteiger partial charge on any atom is -0.450 e. The highest BCUT2D eigenvalue weighted by Gasteiger charge is 2.45. The first-order chi connectivity index (χ1) is 36.2. The summed E-state index contributed by atoms with van der Waals surface area (Å²) in [5.74, 6) is -8.35. The Labute approximate surface area is 457 Å². The van der Waals surface area contributed by atoms with Crippen LogP contribution in [0.2, 0.25) is 0 Å². The summed E-state index contributed by atoms with van der Waals surface area (Å²) in [5, 5.41) is 11.7. The lowest BCUT2D eigenvalue weighted by Crippen LogP contribution is -2.62. The minimum absolute atomic E-state index is 0.0189. The van der Waals surface area contributed by atoms with Gasteiger partial charge in [-0.1, -0.05) is 150 Å². The number of hydrogen-bond acceptors (Lipinski definition) is 10. The average Bonchev–Trinajstić information content (AvgIpc) is 3.89. The van der Waals surface area contributed by atoms with Gasteiger partial charge >= 0.3 is 5.97 Å². The molecule has 2 heterocycles. The maximum absolute atomic E-state index is 15.2. The molecule has 2 aromatic rings. The zero-order chi connectivity index (χ0) is 57.6. The first-order valence-corrected chi connectivity index (χ1v) is 27.9. The van der Waals surface area contributed by atoms with Crippen LogP contribution < -0.4 is 21.3 Å². The molecule has 2 aliphatic heterocycles. The molecule has 426 valence electrons. The van der Waals surface area contributed by atoms with Gasteiger partial charge in [0.25, 0.3) is 5.91 Å². The molecule has 2 saturated heterocycles. The third kappa shape index (κ3) is 16.4. The highest BCUT2D eigenvalue weighted by atomic mass is 16.6. The van der Waals surface area contributed by atoms with E-state index in [0.717, 1.165) is 5.56 Å². The number of carbonyl (C=O) groups is 9. The van der Waals surface area contributed by atoms with Gasteiger partial charge in [0.2, 0.25) is 41.4 Å². The van der Waals surface area contributed by atoms with Gasteiger partial charge in [0.15, 0.2) is 6.10 Å². The molecule has 2 aliphatic rings. The molecule has 0 saturated carbocycles. The van der Waals surface area contributed by atoms with Gasteiger partial charge in [-0.05, 0) is 66.4 Å². The number of nitrogens with zero attached hydrogens (tertiary/aromatic N) is 4. The van der Waals surface area contributed by atoms with Crippen molar-refractivity contribution in [3.8, 4) is 0 Å². The molecule has 2 fully saturated rings. The normalized spacial score (nSPS) is 26.6. The zero-order valence-corrected chi connectivity index (χ0v) is 48.5. The van der Waals surface area contributed by atoms with Crippen LogP contribution in [0.15, 0.2) is 60.7 Å². The molecule has 11 unspecified atom stereocenters. The van der Waals surface area contributed by atoms with Crippen LogP contribution in [-0.4, -0.2) is 155 Å². The molecule has 0 aliphatic carbocycles. The molecule has 11 atom stereocenters. The molecule has 0 bridgehead atoms. The fourth-order valence-electron chi connectivity index (χ4n) is 10.5. The van der Waals surface area contributed by atoms with Gasteiger partial charge < -0.3 is 45.6 Å². The number of cyclic esters (lactones) is 1. The van der Waals surface area contributed by atoms with Gasteiger partial charge in [-0.15, -0.1) is 0 Å². The maximum atomic E-state index is 15.2. The largest absolute Gasteiger partial charge is 0.450 e. The first-order valence-electron chi connectivity index (χ1n) is 27.9. The second kappa shape index (κ2) is 28.9. The molecule has 8 amide bonds. The number of amides is 8. The van der Waals surface area contributed by atoms with Crippen LogP contribution >= 0.6 is 0 Å². The minimum atomic E-state index is -1.40. The van der Waals surface area contributed by atoms with Crippen molar-refractivity contribution in [2.24, 2.45) is 35.5 Å². The summed E-state index contributed by atoms with van der Waals surface area (Å²) in [4.78, 5) is 138. The summed E-state index contributed by atoms with van der Waals surface area (Å²) in [6, 6.07) is 8.99. The van der Waals surface area contributed by atoms with Crippen LogP contribution in [0, 0.1) is 35.5 Å². The summed E-state index contributed by atoms with van der Waals surface area (Å²) < 4.78 is 6.17. The SMILES string of the molecule is CCC(C)C1NC(=O)C2CCCN2C(=O)C(Cc2ccccc2)N(C)C(=O)C(Cc2ccccc2)NC(=O)C(C(C)C)N(C)C(=O)C(C(C)CC)OC(=O)C(C(C)C)N(C)C(=O)C(CC(C)C)NC(=O)C(C(C)C)NC1=O. The Kier molecular flexibility index (Phi) is 23.7. The summed E-state index contributed by atoms with van der Waals surface area (Å²) in [5.41, 5.74) is 1.45. The zero-order valence-electron chi connectivity index (χ0n) is 48.5. The molecular formula is C59H90N8O10.